The van der Waals surface area contributed by atoms with E-state index in [1.807, 2.05) is 0 Å². The molecule has 0 spiro atoms. The summed E-state index contributed by atoms with van der Waals surface area (Å²) < 4.78 is 487. The van der Waals surface area contributed by atoms with Gasteiger partial charge in [0.1, 0.15) is 85.5 Å². The third-order valence-corrected chi connectivity index (χ3v) is 18.3. The minimum Gasteiger partial charge on any atom is -0.479 e. The number of aliphatic hydroxyl groups excluding tert-OH is 1. The first kappa shape index (κ1) is 92.6. The van der Waals surface area contributed by atoms with Crippen molar-refractivity contribution in [3.8, 4) is 0 Å². The molecule has 0 saturated carbocycles. The maximum absolute atomic E-state index is 13.3. The van der Waals surface area contributed by atoms with Crippen LogP contribution in [-0.4, -0.2) is 365 Å². The van der Waals surface area contributed by atoms with Crippen LogP contribution in [0.15, 0.2) is 0 Å². The van der Waals surface area contributed by atoms with Gasteiger partial charge in [0.15, 0.2) is 68.1 Å². The normalized spacial score (nSPS) is 35.6. The van der Waals surface area contributed by atoms with Crippen molar-refractivity contribution in [3.05, 3.63) is 0 Å². The Balaban J connectivity index is 1.71. The van der Waals surface area contributed by atoms with E-state index in [-0.39, 0.29) is 0 Å². The summed E-state index contributed by atoms with van der Waals surface area (Å²) >= 11 is 0. The predicted molar refractivity (Wildman–Crippen MR) is 297 cm³/mol. The van der Waals surface area contributed by atoms with Gasteiger partial charge in [-0.25, -0.2) is 55.6 Å². The lowest BCUT2D eigenvalue weighted by molar-refractivity contribution is -0.384. The number of hydrogen-bond donors (Lipinski definition) is 14. The second-order valence-electron chi connectivity index (χ2n) is 20.2. The number of aliphatic carboxylic acids is 2. The zero-order valence-corrected chi connectivity index (χ0v) is 59.5. The van der Waals surface area contributed by atoms with Gasteiger partial charge in [0.25, 0.3) is 0 Å². The van der Waals surface area contributed by atoms with Crippen LogP contribution in [0.4, 0.5) is 0 Å². The highest BCUT2D eigenvalue weighted by Crippen LogP contribution is 2.42. The van der Waals surface area contributed by atoms with Crippen molar-refractivity contribution >= 4 is 126 Å². The molecule has 5 heterocycles. The summed E-state index contributed by atoms with van der Waals surface area (Å²) in [6.45, 7) is -5.90. The molecule has 72 heteroatoms. The third-order valence-electron chi connectivity index (χ3n) is 13.3. The Morgan fingerprint density at radius 1 is 0.267 bits per heavy atom. The lowest BCUT2D eigenvalue weighted by Crippen LogP contribution is -2.70. The van der Waals surface area contributed by atoms with E-state index < -0.39 is 300 Å². The number of hydrogen-bond acceptors (Lipinski definition) is 48. The van der Waals surface area contributed by atoms with Gasteiger partial charge < -0.3 is 72.2 Å². The van der Waals surface area contributed by atoms with Gasteiger partial charge in [-0.05, 0) is 0 Å². The zero-order valence-electron chi connectivity index (χ0n) is 50.5. The minimum atomic E-state index is -6.50. The molecule has 25 atom stereocenters. The molecule has 5 saturated heterocycles. The number of carboxylic acids is 2. The van der Waals surface area contributed by atoms with Gasteiger partial charge >= 0.3 is 126 Å². The number of ether oxygens (including phenoxy) is 12. The molecule has 5 rings (SSSR count). The summed E-state index contributed by atoms with van der Waals surface area (Å²) in [7, 11) is -66.5. The van der Waals surface area contributed by atoms with Crippen molar-refractivity contribution in [2.45, 2.75) is 154 Å². The van der Waals surface area contributed by atoms with Crippen molar-refractivity contribution in [1.82, 2.24) is 0 Å². The quantitative estimate of drug-likeness (QED) is 0.0255. The lowest BCUT2D eigenvalue weighted by atomic mass is 9.95. The minimum absolute atomic E-state index is 0.348. The molecule has 5 aliphatic heterocycles. The third kappa shape index (κ3) is 28.9. The van der Waals surface area contributed by atoms with Crippen LogP contribution in [0.25, 0.3) is 0 Å². The van der Waals surface area contributed by atoms with E-state index in [4.69, 9.17) is 56.8 Å². The van der Waals surface area contributed by atoms with Gasteiger partial charge in [-0.2, -0.15) is 92.6 Å². The molecule has 0 aromatic heterocycles. The van der Waals surface area contributed by atoms with Crippen LogP contribution in [-0.2, 0) is 227 Å². The molecule has 5 aliphatic rings. The SMILES string of the molecule is CO[C@@H]1[C@@H](OC)[C@H](O[C@H]2[C@H](OS(=O)(=O)O)[C@@H](OS(=O)(=O)O)[C@@H](O[C@H]3[C@H](OC)[C@@H](OS(=O)(=O)O)[C@H](O[C@H]4[C@@H](OS(=O)(=O)O)[C@@H](OS(=O)(=O)O)[C@@H](O)O[C@@H]4COS(=O)(=O)O)O[C@H]3C(=O)O)O[C@@H]2COS(=O)(=O)O)O[C@H](C(=O)O)[C@H]1O[C@H]1O[C@H](COS(=O)(=O)O)[C@@H](OS(=O)(=O)O)[C@H](OS(=O)(=O)O)[C@H]1OS(=O)(=O)O. The standard InChI is InChI=1S/C33H54O61S11/c1-72-13-15(83-32-26(94-105(69,70)71)19(90-101(57,58)59)12(87-98(48,49)50)9(80-32)6-77-97(45,46)47)20(27(34)35)85-30(23(13)74-3)81-11-8(5-76-96(42,43)44)79-31(25(93-104(66,67)68)18(11)89-100(54,55)56)84-16-14(73-2)24(92-103(63,64)65)33(86-21(16)28(36)37)82-10-7(4-75-95(39,40)41)78-29(38)22(91-102(60,61)62)17(10)88-99(51,52)53/h7-26,29-33,38H,4-6H2,1-3H3,(H,34,35)(H,36,37)(H,39,40,41)(H,42,43,44)(H,45,46,47)(H,48,49,50)(H,51,52,53)(H,54,55,56)(H,57,58,59)(H,60,61,62)(H,63,64,65)(H,66,67,68)(H,69,70,71)/t7-,8-,9-,10-,11-,12-,13+,14+,15+,16+,17-,18+,19+,20+,21-,22-,23-,24-,25-,26-,29+,30-,31-,32-,33-/m1/s1. The molecule has 5 fully saturated rings. The molecule has 0 aromatic carbocycles. The number of carboxylic acid groups (broad SMARTS) is 2. The van der Waals surface area contributed by atoms with Crippen molar-refractivity contribution in [2.75, 3.05) is 41.2 Å². The molecular formula is C33H54O61S11. The van der Waals surface area contributed by atoms with E-state index >= 15 is 0 Å². The van der Waals surface area contributed by atoms with E-state index in [0.717, 1.165) is 0 Å². The number of carbonyl (C=O) groups is 2. The Bertz CT molecular complexity index is 4360. The molecule has 0 bridgehead atoms. The average Bonchev–Trinajstić information content (AvgIpc) is 0.757. The van der Waals surface area contributed by atoms with Crippen LogP contribution in [0.5, 0.6) is 0 Å². The van der Waals surface area contributed by atoms with E-state index in [2.05, 4.69) is 46.0 Å². The van der Waals surface area contributed by atoms with E-state index in [1.54, 1.807) is 0 Å². The highest BCUT2D eigenvalue weighted by molar-refractivity contribution is 7.83. The average molecular weight is 1780 g/mol. The molecular weight excluding hydrogens is 1730 g/mol. The maximum atomic E-state index is 13.3. The maximum Gasteiger partial charge on any atom is 0.397 e. The molecule has 0 aliphatic carbocycles. The largest absolute Gasteiger partial charge is 0.479 e. The van der Waals surface area contributed by atoms with Crippen molar-refractivity contribution < 1.29 is 270 Å². The van der Waals surface area contributed by atoms with Gasteiger partial charge in [-0.15, -0.1) is 0 Å². The fourth-order valence-corrected chi connectivity index (χ4v) is 14.8. The van der Waals surface area contributed by atoms with Gasteiger partial charge in [0.05, 0.1) is 19.8 Å². The highest BCUT2D eigenvalue weighted by Gasteiger charge is 2.64. The zero-order chi connectivity index (χ0) is 80.5. The summed E-state index contributed by atoms with van der Waals surface area (Å²) in [6, 6.07) is 0. The van der Waals surface area contributed by atoms with Crippen LogP contribution >= 0.6 is 0 Å². The van der Waals surface area contributed by atoms with Gasteiger partial charge in [-0.3, -0.25) is 50.1 Å². The summed E-state index contributed by atoms with van der Waals surface area (Å²) in [5, 5.41) is 31.9. The van der Waals surface area contributed by atoms with E-state index in [0.29, 0.717) is 21.3 Å². The first-order chi connectivity index (χ1) is 47.3. The van der Waals surface area contributed by atoms with E-state index in [9.17, 15) is 168 Å². The Hall–Kier alpha value is -3.01. The fraction of sp³-hybridized carbons (Fsp3) is 0.939. The second-order valence-corrected chi connectivity index (χ2v) is 31.9. The van der Waals surface area contributed by atoms with Crippen LogP contribution < -0.4 is 0 Å². The number of rotatable bonds is 38. The summed E-state index contributed by atoms with van der Waals surface area (Å²) in [5.74, 6) is -5.09. The molecule has 0 aromatic rings. The van der Waals surface area contributed by atoms with Gasteiger partial charge in [0, 0.05) is 21.3 Å². The molecule has 0 unspecified atom stereocenters. The summed E-state index contributed by atoms with van der Waals surface area (Å²) in [6.07, 6.45) is -78.3. The number of aliphatic hydroxyl groups is 1. The first-order valence-corrected chi connectivity index (χ1v) is 41.0. The Labute approximate surface area is 588 Å². The smallest absolute Gasteiger partial charge is 0.397 e. The molecule has 0 radical (unpaired) electrons. The van der Waals surface area contributed by atoms with E-state index in [1.165, 1.54) is 0 Å². The molecule has 618 valence electrons. The monoisotopic (exact) mass is 1780 g/mol. The van der Waals surface area contributed by atoms with Crippen molar-refractivity contribution in [3.63, 3.8) is 0 Å². The van der Waals surface area contributed by atoms with Gasteiger partial charge in [0.2, 0.25) is 0 Å². The van der Waals surface area contributed by atoms with Crippen LogP contribution in [0, 0.1) is 0 Å². The first-order valence-electron chi connectivity index (χ1n) is 26.0. The summed E-state index contributed by atoms with van der Waals surface area (Å²) in [5.41, 5.74) is 0. The van der Waals surface area contributed by atoms with Gasteiger partial charge in [-0.1, -0.05) is 0 Å². The summed E-state index contributed by atoms with van der Waals surface area (Å²) in [4.78, 5) is 26.6. The van der Waals surface area contributed by atoms with Crippen LogP contribution in [0.1, 0.15) is 0 Å². The highest BCUT2D eigenvalue weighted by atomic mass is 32.3. The lowest BCUT2D eigenvalue weighted by Gasteiger charge is -2.51. The molecule has 61 nitrogen and oxygen atoms in total. The topological polar surface area (TPSA) is 905 Å². The Morgan fingerprint density at radius 2 is 0.486 bits per heavy atom. The Morgan fingerprint density at radius 3 is 0.781 bits per heavy atom. The molecule has 14 N–H and O–H groups in total. The second kappa shape index (κ2) is 34.9. The van der Waals surface area contributed by atoms with Crippen LogP contribution in [0.3, 0.4) is 0 Å². The molecule has 0 amide bonds. The number of methoxy groups -OCH3 is 3. The fourth-order valence-electron chi connectivity index (χ4n) is 9.98. The van der Waals surface area contributed by atoms with Crippen molar-refractivity contribution in [1.29, 1.82) is 0 Å². The van der Waals surface area contributed by atoms with Crippen molar-refractivity contribution in [2.24, 2.45) is 0 Å². The molecule has 105 heavy (non-hydrogen) atoms. The predicted octanol–water partition coefficient (Wildman–Crippen LogP) is -11.7. The van der Waals surface area contributed by atoms with Crippen LogP contribution in [0.2, 0.25) is 0 Å². The Kier molecular flexibility index (Phi) is 30.8.